The van der Waals surface area contributed by atoms with Crippen LogP contribution < -0.4 is 0 Å². The Morgan fingerprint density at radius 1 is 1.43 bits per heavy atom. The Kier molecular flexibility index (Phi) is 2.33. The summed E-state index contributed by atoms with van der Waals surface area (Å²) in [5.74, 6) is -0.343. The molecule has 0 amide bonds. The molecule has 0 saturated carbocycles. The van der Waals surface area contributed by atoms with Gasteiger partial charge in [-0.1, -0.05) is 0 Å². The van der Waals surface area contributed by atoms with Gasteiger partial charge in [0.15, 0.2) is 0 Å². The molecule has 0 fully saturated rings. The second kappa shape index (κ2) is 3.50. The van der Waals surface area contributed by atoms with Crippen LogP contribution in [0.2, 0.25) is 0 Å². The molecule has 0 aliphatic heterocycles. The molecule has 0 N–H and O–H groups in total. The number of hydrogen-bond acceptors (Lipinski definition) is 2. The number of fused-ring (bicyclic) bond motifs is 1. The Bertz CT molecular complexity index is 546. The van der Waals surface area contributed by atoms with Gasteiger partial charge in [-0.2, -0.15) is 5.26 Å². The highest BCUT2D eigenvalue weighted by Gasteiger charge is 2.06. The SMILES string of the molecule is N#Cc1ccc(F)c2cc(I)cnc12. The Labute approximate surface area is 93.5 Å². The number of hydrogen-bond donors (Lipinski definition) is 0. The van der Waals surface area contributed by atoms with Crippen LogP contribution in [0, 0.1) is 20.7 Å². The van der Waals surface area contributed by atoms with Crippen LogP contribution in [0.25, 0.3) is 10.9 Å². The first-order valence-electron chi connectivity index (χ1n) is 3.86. The molecule has 0 bridgehead atoms. The molecule has 1 heterocycles. The summed E-state index contributed by atoms with van der Waals surface area (Å²) in [5, 5.41) is 9.18. The first-order valence-corrected chi connectivity index (χ1v) is 4.94. The Hall–Kier alpha value is -1.22. The smallest absolute Gasteiger partial charge is 0.132 e. The van der Waals surface area contributed by atoms with Gasteiger partial charge in [0.05, 0.1) is 11.1 Å². The molecule has 0 aliphatic rings. The Balaban J connectivity index is 2.93. The monoisotopic (exact) mass is 298 g/mol. The first-order chi connectivity index (χ1) is 6.72. The van der Waals surface area contributed by atoms with Crippen molar-refractivity contribution in [2.75, 3.05) is 0 Å². The number of rotatable bonds is 0. The molecule has 0 radical (unpaired) electrons. The molecular weight excluding hydrogens is 294 g/mol. The van der Waals surface area contributed by atoms with Gasteiger partial charge in [0.25, 0.3) is 0 Å². The van der Waals surface area contributed by atoms with Crippen molar-refractivity contribution < 1.29 is 4.39 Å². The quantitative estimate of drug-likeness (QED) is 0.701. The zero-order chi connectivity index (χ0) is 10.1. The van der Waals surface area contributed by atoms with Crippen LogP contribution in [0.4, 0.5) is 4.39 Å². The second-order valence-corrected chi connectivity index (χ2v) is 4.00. The lowest BCUT2D eigenvalue weighted by atomic mass is 10.1. The van der Waals surface area contributed by atoms with Crippen LogP contribution in [-0.2, 0) is 0 Å². The van der Waals surface area contributed by atoms with Crippen molar-refractivity contribution in [3.8, 4) is 6.07 Å². The lowest BCUT2D eigenvalue weighted by Crippen LogP contribution is -1.88. The number of nitrogens with zero attached hydrogens (tertiary/aromatic N) is 2. The van der Waals surface area contributed by atoms with E-state index >= 15 is 0 Å². The molecule has 2 nitrogen and oxygen atoms in total. The van der Waals surface area contributed by atoms with Gasteiger partial charge in [-0.25, -0.2) is 4.39 Å². The molecule has 14 heavy (non-hydrogen) atoms. The zero-order valence-corrected chi connectivity index (χ0v) is 9.12. The summed E-state index contributed by atoms with van der Waals surface area (Å²) in [5.41, 5.74) is 0.825. The topological polar surface area (TPSA) is 36.7 Å². The average molecular weight is 298 g/mol. The molecule has 0 saturated heterocycles. The van der Waals surface area contributed by atoms with Crippen molar-refractivity contribution in [1.82, 2.24) is 4.98 Å². The van der Waals surface area contributed by atoms with Crippen molar-refractivity contribution in [3.63, 3.8) is 0 Å². The fourth-order valence-electron chi connectivity index (χ4n) is 1.25. The van der Waals surface area contributed by atoms with Gasteiger partial charge in [0, 0.05) is 15.2 Å². The number of pyridine rings is 1. The molecule has 0 atom stereocenters. The van der Waals surface area contributed by atoms with E-state index in [1.54, 1.807) is 12.3 Å². The minimum absolute atomic E-state index is 0.343. The van der Waals surface area contributed by atoms with E-state index in [9.17, 15) is 4.39 Å². The van der Waals surface area contributed by atoms with E-state index in [-0.39, 0.29) is 5.82 Å². The molecule has 68 valence electrons. The van der Waals surface area contributed by atoms with Crippen molar-refractivity contribution in [1.29, 1.82) is 5.26 Å². The molecule has 2 aromatic rings. The summed E-state index contributed by atoms with van der Waals surface area (Å²) >= 11 is 2.06. The number of halogens is 2. The molecule has 0 spiro atoms. The average Bonchev–Trinajstić information content (AvgIpc) is 2.19. The van der Waals surface area contributed by atoms with Crippen LogP contribution in [-0.4, -0.2) is 4.98 Å². The molecule has 0 unspecified atom stereocenters. The normalized spacial score (nSPS) is 10.1. The van der Waals surface area contributed by atoms with E-state index in [1.807, 2.05) is 6.07 Å². The predicted octanol–water partition coefficient (Wildman–Crippen LogP) is 2.85. The van der Waals surface area contributed by atoms with Crippen LogP contribution >= 0.6 is 22.6 Å². The Morgan fingerprint density at radius 2 is 2.21 bits per heavy atom. The largest absolute Gasteiger partial charge is 0.254 e. The summed E-state index contributed by atoms with van der Waals surface area (Å²) in [6.45, 7) is 0. The zero-order valence-electron chi connectivity index (χ0n) is 6.96. The van der Waals surface area contributed by atoms with Crippen molar-refractivity contribution in [2.24, 2.45) is 0 Å². The number of benzene rings is 1. The van der Waals surface area contributed by atoms with Gasteiger partial charge in [-0.05, 0) is 40.8 Å². The molecule has 2 rings (SSSR count). The highest BCUT2D eigenvalue weighted by molar-refractivity contribution is 14.1. The van der Waals surface area contributed by atoms with E-state index in [1.165, 1.54) is 12.1 Å². The predicted molar refractivity (Wildman–Crippen MR) is 59.1 cm³/mol. The highest BCUT2D eigenvalue weighted by Crippen LogP contribution is 2.21. The van der Waals surface area contributed by atoms with Crippen molar-refractivity contribution in [3.05, 3.63) is 39.3 Å². The minimum atomic E-state index is -0.343. The van der Waals surface area contributed by atoms with Crippen molar-refractivity contribution >= 4 is 33.5 Å². The van der Waals surface area contributed by atoms with Gasteiger partial charge in [-0.15, -0.1) is 0 Å². The molecule has 4 heteroatoms. The summed E-state index contributed by atoms with van der Waals surface area (Å²) in [4.78, 5) is 4.04. The molecule has 0 aliphatic carbocycles. The van der Waals surface area contributed by atoms with Gasteiger partial charge in [0.1, 0.15) is 11.9 Å². The summed E-state index contributed by atoms with van der Waals surface area (Å²) in [6.07, 6.45) is 1.61. The molecule has 1 aromatic heterocycles. The maximum absolute atomic E-state index is 13.3. The van der Waals surface area contributed by atoms with Crippen molar-refractivity contribution in [2.45, 2.75) is 0 Å². The second-order valence-electron chi connectivity index (χ2n) is 2.76. The summed E-state index contributed by atoms with van der Waals surface area (Å²) in [7, 11) is 0. The standard InChI is InChI=1S/C10H4FIN2/c11-9-2-1-6(4-13)10-8(9)3-7(12)5-14-10/h1-3,5H. The number of aromatic nitrogens is 1. The van der Waals surface area contributed by atoms with E-state index in [0.717, 1.165) is 3.57 Å². The highest BCUT2D eigenvalue weighted by atomic mass is 127. The van der Waals surface area contributed by atoms with Gasteiger partial charge < -0.3 is 0 Å². The maximum atomic E-state index is 13.3. The van der Waals surface area contributed by atoms with Crippen LogP contribution in [0.1, 0.15) is 5.56 Å². The van der Waals surface area contributed by atoms with Gasteiger partial charge >= 0.3 is 0 Å². The van der Waals surface area contributed by atoms with Gasteiger partial charge in [0.2, 0.25) is 0 Å². The fourth-order valence-corrected chi connectivity index (χ4v) is 1.70. The maximum Gasteiger partial charge on any atom is 0.132 e. The number of nitriles is 1. The third-order valence-corrected chi connectivity index (χ3v) is 2.47. The van der Waals surface area contributed by atoms with Crippen LogP contribution in [0.5, 0.6) is 0 Å². The third-order valence-electron chi connectivity index (χ3n) is 1.88. The first kappa shape index (κ1) is 9.34. The van der Waals surface area contributed by atoms with Crippen LogP contribution in [0.3, 0.4) is 0 Å². The Morgan fingerprint density at radius 3 is 2.93 bits per heavy atom. The summed E-state index contributed by atoms with van der Waals surface area (Å²) in [6, 6.07) is 6.40. The van der Waals surface area contributed by atoms with E-state index in [0.29, 0.717) is 16.5 Å². The molecular formula is C10H4FIN2. The minimum Gasteiger partial charge on any atom is -0.254 e. The lowest BCUT2D eigenvalue weighted by Gasteiger charge is -2.00. The summed E-state index contributed by atoms with van der Waals surface area (Å²) < 4.78 is 14.2. The fraction of sp³-hybridized carbons (Fsp3) is 0. The molecule has 1 aromatic carbocycles. The van der Waals surface area contributed by atoms with E-state index < -0.39 is 0 Å². The van der Waals surface area contributed by atoms with E-state index in [4.69, 9.17) is 5.26 Å². The lowest BCUT2D eigenvalue weighted by molar-refractivity contribution is 0.639. The van der Waals surface area contributed by atoms with Crippen LogP contribution in [0.15, 0.2) is 24.4 Å². The van der Waals surface area contributed by atoms with Gasteiger partial charge in [-0.3, -0.25) is 4.98 Å². The third kappa shape index (κ3) is 1.44. The van der Waals surface area contributed by atoms with E-state index in [2.05, 4.69) is 27.6 Å².